The SMILES string of the molecule is CC(C)n1cnc2cc(C(=O)N(C)[C@H]3CC[C@@](O)(Cn4cnc5c(N)ncnc54)[C@H](O)C3)ccc21. The molecule has 1 saturated carbocycles. The Morgan fingerprint density at radius 3 is 2.80 bits per heavy atom. The molecule has 0 aliphatic heterocycles. The van der Waals surface area contributed by atoms with E-state index in [4.69, 9.17) is 5.73 Å². The number of nitrogen functional groups attached to an aromatic ring is 1. The molecule has 4 aromatic rings. The number of anilines is 1. The highest BCUT2D eigenvalue weighted by Crippen LogP contribution is 2.34. The highest BCUT2D eigenvalue weighted by molar-refractivity contribution is 5.97. The van der Waals surface area contributed by atoms with Crippen LogP contribution in [0.3, 0.4) is 0 Å². The molecule has 0 saturated heterocycles. The Morgan fingerprint density at radius 2 is 2.06 bits per heavy atom. The van der Waals surface area contributed by atoms with Gasteiger partial charge in [0.1, 0.15) is 17.4 Å². The average molecular weight is 479 g/mol. The van der Waals surface area contributed by atoms with Gasteiger partial charge in [0.25, 0.3) is 5.91 Å². The molecule has 0 bridgehead atoms. The largest absolute Gasteiger partial charge is 0.390 e. The zero-order valence-electron chi connectivity index (χ0n) is 20.0. The van der Waals surface area contributed by atoms with Gasteiger partial charge in [0, 0.05) is 24.7 Å². The van der Waals surface area contributed by atoms with Crippen molar-refractivity contribution in [3.05, 3.63) is 42.7 Å². The molecule has 3 atom stereocenters. The van der Waals surface area contributed by atoms with Gasteiger partial charge in [0.2, 0.25) is 0 Å². The number of nitrogens with two attached hydrogens (primary N) is 1. The summed E-state index contributed by atoms with van der Waals surface area (Å²) in [5, 5.41) is 22.2. The van der Waals surface area contributed by atoms with Crippen molar-refractivity contribution in [2.24, 2.45) is 0 Å². The summed E-state index contributed by atoms with van der Waals surface area (Å²) in [7, 11) is 1.74. The Bertz CT molecular complexity index is 1400. The van der Waals surface area contributed by atoms with E-state index < -0.39 is 11.7 Å². The van der Waals surface area contributed by atoms with Gasteiger partial charge in [-0.25, -0.2) is 19.9 Å². The van der Waals surface area contributed by atoms with E-state index in [1.165, 1.54) is 6.33 Å². The third kappa shape index (κ3) is 4.00. The van der Waals surface area contributed by atoms with Crippen LogP contribution in [-0.4, -0.2) is 74.9 Å². The Morgan fingerprint density at radius 1 is 1.26 bits per heavy atom. The summed E-state index contributed by atoms with van der Waals surface area (Å²) in [6.45, 7) is 4.28. The zero-order chi connectivity index (χ0) is 24.9. The first-order valence-electron chi connectivity index (χ1n) is 11.7. The first kappa shape index (κ1) is 23.2. The van der Waals surface area contributed by atoms with Gasteiger partial charge >= 0.3 is 0 Å². The monoisotopic (exact) mass is 478 g/mol. The molecule has 4 N–H and O–H groups in total. The van der Waals surface area contributed by atoms with Crippen molar-refractivity contribution >= 4 is 33.9 Å². The Kier molecular flexibility index (Phi) is 5.68. The lowest BCUT2D eigenvalue weighted by molar-refractivity contribution is -0.121. The van der Waals surface area contributed by atoms with Crippen molar-refractivity contribution in [2.45, 2.75) is 63.4 Å². The first-order chi connectivity index (χ1) is 16.7. The molecule has 35 heavy (non-hydrogen) atoms. The summed E-state index contributed by atoms with van der Waals surface area (Å²) in [5.41, 5.74) is 7.74. The minimum Gasteiger partial charge on any atom is -0.390 e. The fourth-order valence-corrected chi connectivity index (χ4v) is 4.97. The molecule has 3 heterocycles. The molecule has 1 aliphatic carbocycles. The maximum Gasteiger partial charge on any atom is 0.253 e. The maximum atomic E-state index is 13.2. The summed E-state index contributed by atoms with van der Waals surface area (Å²) < 4.78 is 3.74. The highest BCUT2D eigenvalue weighted by atomic mass is 16.3. The number of nitrogens with zero attached hydrogens (tertiary/aromatic N) is 7. The average Bonchev–Trinajstić information content (AvgIpc) is 3.45. The first-order valence-corrected chi connectivity index (χ1v) is 11.7. The van der Waals surface area contributed by atoms with Gasteiger partial charge in [-0.3, -0.25) is 4.79 Å². The van der Waals surface area contributed by atoms with Crippen molar-refractivity contribution in [3.8, 4) is 0 Å². The fourth-order valence-electron chi connectivity index (χ4n) is 4.97. The predicted molar refractivity (Wildman–Crippen MR) is 131 cm³/mol. The Balaban J connectivity index is 1.29. The number of imidazole rings is 2. The molecular formula is C24H30N8O3. The molecule has 11 nitrogen and oxygen atoms in total. The fraction of sp³-hybridized carbons (Fsp3) is 0.458. The van der Waals surface area contributed by atoms with Crippen molar-refractivity contribution in [1.82, 2.24) is 34.0 Å². The van der Waals surface area contributed by atoms with Gasteiger partial charge in [0.15, 0.2) is 11.5 Å². The molecule has 5 rings (SSSR count). The predicted octanol–water partition coefficient (Wildman–Crippen LogP) is 1.76. The van der Waals surface area contributed by atoms with Gasteiger partial charge in [-0.05, 0) is 51.3 Å². The number of benzene rings is 1. The summed E-state index contributed by atoms with van der Waals surface area (Å²) >= 11 is 0. The van der Waals surface area contributed by atoms with Gasteiger partial charge in [-0.2, -0.15) is 0 Å². The van der Waals surface area contributed by atoms with E-state index in [-0.39, 0.29) is 36.8 Å². The number of carbonyl (C=O) groups excluding carboxylic acids is 1. The van der Waals surface area contributed by atoms with Crippen LogP contribution in [0.2, 0.25) is 0 Å². The lowest BCUT2D eigenvalue weighted by Gasteiger charge is -2.43. The van der Waals surface area contributed by atoms with Gasteiger partial charge in [0.05, 0.1) is 36.3 Å². The molecule has 184 valence electrons. The van der Waals surface area contributed by atoms with Crippen LogP contribution in [-0.2, 0) is 6.54 Å². The standard InChI is InChI=1S/C24H30N8O3/c1-14(2)32-13-28-17-8-15(4-5-18(17)32)23(34)30(3)16-6-7-24(35,19(33)9-16)10-31-12-29-20-21(25)26-11-27-22(20)31/h4-5,8,11-14,16,19,33,35H,6-7,9-10H2,1-3H3,(H2,25,26,27)/t16-,19+,24+/m0/s1. The van der Waals surface area contributed by atoms with Crippen LogP contribution < -0.4 is 5.73 Å². The van der Waals surface area contributed by atoms with Gasteiger partial charge in [-0.15, -0.1) is 0 Å². The molecular weight excluding hydrogens is 448 g/mol. The number of fused-ring (bicyclic) bond motifs is 2. The summed E-state index contributed by atoms with van der Waals surface area (Å²) in [4.78, 5) is 31.7. The third-order valence-electron chi connectivity index (χ3n) is 7.15. The number of aliphatic hydroxyl groups excluding tert-OH is 1. The summed E-state index contributed by atoms with van der Waals surface area (Å²) in [5.74, 6) is 0.126. The zero-order valence-corrected chi connectivity index (χ0v) is 20.0. The molecule has 0 unspecified atom stereocenters. The topological polar surface area (TPSA) is 148 Å². The molecule has 3 aromatic heterocycles. The number of rotatable bonds is 5. The van der Waals surface area contributed by atoms with Crippen molar-refractivity contribution in [3.63, 3.8) is 0 Å². The van der Waals surface area contributed by atoms with E-state index in [0.29, 0.717) is 29.6 Å². The van der Waals surface area contributed by atoms with Crippen molar-refractivity contribution in [2.75, 3.05) is 12.8 Å². The number of aromatic nitrogens is 6. The summed E-state index contributed by atoms with van der Waals surface area (Å²) in [6, 6.07) is 5.61. The number of amides is 1. The smallest absolute Gasteiger partial charge is 0.253 e. The van der Waals surface area contributed by atoms with Crippen molar-refractivity contribution < 1.29 is 15.0 Å². The Hall–Kier alpha value is -3.57. The van der Waals surface area contributed by atoms with Crippen LogP contribution in [0.25, 0.3) is 22.2 Å². The highest BCUT2D eigenvalue weighted by Gasteiger charge is 2.43. The van der Waals surface area contributed by atoms with Gasteiger partial charge < -0.3 is 30.0 Å². The van der Waals surface area contributed by atoms with Gasteiger partial charge in [-0.1, -0.05) is 0 Å². The molecule has 1 aromatic carbocycles. The second-order valence-electron chi connectivity index (χ2n) is 9.72. The molecule has 0 radical (unpaired) electrons. The van der Waals surface area contributed by atoms with Crippen molar-refractivity contribution in [1.29, 1.82) is 0 Å². The summed E-state index contributed by atoms with van der Waals surface area (Å²) in [6.07, 6.45) is 4.76. The van der Waals surface area contributed by atoms with Crippen LogP contribution in [0.1, 0.15) is 49.5 Å². The lowest BCUT2D eigenvalue weighted by atomic mass is 9.79. The van der Waals surface area contributed by atoms with E-state index >= 15 is 0 Å². The van der Waals surface area contributed by atoms with Crippen LogP contribution in [0.5, 0.6) is 0 Å². The second kappa shape index (κ2) is 8.58. The van der Waals surface area contributed by atoms with E-state index in [9.17, 15) is 15.0 Å². The van der Waals surface area contributed by atoms with E-state index in [1.54, 1.807) is 35.2 Å². The van der Waals surface area contributed by atoms with Crippen LogP contribution in [0.15, 0.2) is 37.2 Å². The minimum absolute atomic E-state index is 0.112. The minimum atomic E-state index is -1.38. The molecule has 1 fully saturated rings. The molecule has 1 aliphatic rings. The second-order valence-corrected chi connectivity index (χ2v) is 9.72. The Labute approximate surface area is 202 Å². The molecule has 0 spiro atoms. The lowest BCUT2D eigenvalue weighted by Crippen LogP contribution is -2.54. The van der Waals surface area contributed by atoms with Crippen LogP contribution in [0.4, 0.5) is 5.82 Å². The number of hydrogen-bond acceptors (Lipinski definition) is 8. The third-order valence-corrected chi connectivity index (χ3v) is 7.15. The normalized spacial score (nSPS) is 22.8. The maximum absolute atomic E-state index is 13.2. The van der Waals surface area contributed by atoms with Crippen LogP contribution in [0, 0.1) is 0 Å². The van der Waals surface area contributed by atoms with E-state index in [2.05, 4.69) is 38.4 Å². The van der Waals surface area contributed by atoms with E-state index in [1.807, 2.05) is 12.1 Å². The quantitative estimate of drug-likeness (QED) is 0.393. The molecule has 1 amide bonds. The van der Waals surface area contributed by atoms with Crippen LogP contribution >= 0.6 is 0 Å². The number of aliphatic hydroxyl groups is 2. The van der Waals surface area contributed by atoms with E-state index in [0.717, 1.165) is 11.0 Å². The number of hydrogen-bond donors (Lipinski definition) is 3. The molecule has 11 heteroatoms. The number of carbonyl (C=O) groups is 1.